The Labute approximate surface area is 214 Å². The Balaban J connectivity index is 1.73. The highest BCUT2D eigenvalue weighted by Crippen LogP contribution is 2.48. The number of rotatable bonds is 8. The van der Waals surface area contributed by atoms with E-state index in [-0.39, 0.29) is 10.8 Å². The van der Waals surface area contributed by atoms with Gasteiger partial charge in [0.1, 0.15) is 6.54 Å². The third-order valence-corrected chi connectivity index (χ3v) is 7.97. The van der Waals surface area contributed by atoms with Gasteiger partial charge in [0.05, 0.1) is 5.41 Å². The molecule has 2 heterocycles. The SMILES string of the molecule is CC(C)CCN1/C(=C/C=C/C2=[N+](CCC(C)C)c3ccccc3C2(C)C)C(C)(C)c2ccccc21. The molecule has 0 bridgehead atoms. The van der Waals surface area contributed by atoms with E-state index in [9.17, 15) is 0 Å². The molecular formula is C33H45N2+. The second-order valence-corrected chi connectivity index (χ2v) is 12.2. The van der Waals surface area contributed by atoms with E-state index in [0.29, 0.717) is 11.8 Å². The Hall–Kier alpha value is -2.61. The number of anilines is 1. The zero-order valence-corrected chi connectivity index (χ0v) is 23.2. The molecule has 0 saturated heterocycles. The standard InChI is InChI=1S/C33H45N2/c1-24(2)20-22-34-28-16-11-9-14-26(28)32(5,6)30(34)18-13-19-31-33(7,8)27-15-10-12-17-29(27)35(31)23-21-25(3)4/h9-19,24-25H,20-23H2,1-8H3/q+1. The molecule has 4 rings (SSSR count). The molecule has 0 fully saturated rings. The zero-order valence-electron chi connectivity index (χ0n) is 23.2. The van der Waals surface area contributed by atoms with E-state index in [0.717, 1.165) is 13.1 Å². The third-order valence-electron chi connectivity index (χ3n) is 7.97. The van der Waals surface area contributed by atoms with E-state index < -0.39 is 0 Å². The molecule has 0 amide bonds. The van der Waals surface area contributed by atoms with Crippen molar-refractivity contribution in [2.75, 3.05) is 18.0 Å². The summed E-state index contributed by atoms with van der Waals surface area (Å²) < 4.78 is 2.56. The van der Waals surface area contributed by atoms with Gasteiger partial charge in [-0.05, 0) is 49.8 Å². The summed E-state index contributed by atoms with van der Waals surface area (Å²) >= 11 is 0. The first kappa shape index (κ1) is 25.5. The van der Waals surface area contributed by atoms with Gasteiger partial charge in [-0.1, -0.05) is 84.0 Å². The van der Waals surface area contributed by atoms with Gasteiger partial charge in [-0.2, -0.15) is 4.58 Å². The molecule has 2 aromatic carbocycles. The Morgan fingerprint density at radius 2 is 1.43 bits per heavy atom. The smallest absolute Gasteiger partial charge is 0.209 e. The first-order chi connectivity index (χ1) is 16.5. The molecule has 0 N–H and O–H groups in total. The average Bonchev–Trinajstić information content (AvgIpc) is 3.15. The molecule has 2 aliphatic heterocycles. The minimum absolute atomic E-state index is 0.00589. The van der Waals surface area contributed by atoms with Crippen LogP contribution < -0.4 is 4.90 Å². The molecule has 0 spiro atoms. The summed E-state index contributed by atoms with van der Waals surface area (Å²) in [6.07, 6.45) is 9.46. The molecular weight excluding hydrogens is 424 g/mol. The summed E-state index contributed by atoms with van der Waals surface area (Å²) in [5.74, 6) is 1.37. The Morgan fingerprint density at radius 1 is 0.800 bits per heavy atom. The van der Waals surface area contributed by atoms with Crippen molar-refractivity contribution in [3.63, 3.8) is 0 Å². The maximum atomic E-state index is 2.56. The van der Waals surface area contributed by atoms with Crippen LogP contribution in [0, 0.1) is 11.8 Å². The van der Waals surface area contributed by atoms with Gasteiger partial charge in [0, 0.05) is 47.5 Å². The molecule has 0 aliphatic carbocycles. The monoisotopic (exact) mass is 469 g/mol. The number of hydrogen-bond donors (Lipinski definition) is 0. The third kappa shape index (κ3) is 4.77. The normalized spacial score (nSPS) is 19.5. The number of allylic oxidation sites excluding steroid dienone is 4. The fourth-order valence-electron chi connectivity index (χ4n) is 5.77. The number of hydrogen-bond acceptors (Lipinski definition) is 1. The van der Waals surface area contributed by atoms with Gasteiger partial charge >= 0.3 is 0 Å². The Bertz CT molecular complexity index is 1160. The van der Waals surface area contributed by atoms with Crippen molar-refractivity contribution < 1.29 is 4.58 Å². The van der Waals surface area contributed by atoms with E-state index in [2.05, 4.69) is 132 Å². The van der Waals surface area contributed by atoms with Crippen LogP contribution in [0.4, 0.5) is 11.4 Å². The largest absolute Gasteiger partial charge is 0.344 e. The highest BCUT2D eigenvalue weighted by Gasteiger charge is 2.44. The van der Waals surface area contributed by atoms with E-state index in [1.807, 2.05) is 0 Å². The van der Waals surface area contributed by atoms with Gasteiger partial charge in [-0.25, -0.2) is 0 Å². The number of benzene rings is 2. The van der Waals surface area contributed by atoms with Crippen LogP contribution in [0.15, 0.2) is 72.5 Å². The second kappa shape index (κ2) is 9.80. The minimum atomic E-state index is -0.00589. The summed E-state index contributed by atoms with van der Waals surface area (Å²) in [5, 5.41) is 0. The van der Waals surface area contributed by atoms with E-state index >= 15 is 0 Å². The van der Waals surface area contributed by atoms with Crippen molar-refractivity contribution in [1.82, 2.24) is 0 Å². The number of fused-ring (bicyclic) bond motifs is 2. The average molecular weight is 470 g/mol. The molecule has 2 nitrogen and oxygen atoms in total. The molecule has 35 heavy (non-hydrogen) atoms. The molecule has 0 unspecified atom stereocenters. The van der Waals surface area contributed by atoms with Crippen LogP contribution in [0.25, 0.3) is 0 Å². The highest BCUT2D eigenvalue weighted by atomic mass is 15.2. The Kier molecular flexibility index (Phi) is 7.13. The number of para-hydroxylation sites is 2. The zero-order chi connectivity index (χ0) is 25.4. The van der Waals surface area contributed by atoms with Crippen molar-refractivity contribution in [3.8, 4) is 0 Å². The summed E-state index contributed by atoms with van der Waals surface area (Å²) in [6.45, 7) is 20.9. The van der Waals surface area contributed by atoms with Crippen LogP contribution in [0.1, 0.15) is 79.4 Å². The molecule has 2 heteroatoms. The molecule has 186 valence electrons. The number of nitrogens with zero attached hydrogens (tertiary/aromatic N) is 2. The molecule has 0 aromatic heterocycles. The van der Waals surface area contributed by atoms with E-state index in [1.165, 1.54) is 46.8 Å². The summed E-state index contributed by atoms with van der Waals surface area (Å²) in [6, 6.07) is 17.9. The van der Waals surface area contributed by atoms with Crippen molar-refractivity contribution in [2.45, 2.75) is 79.1 Å². The van der Waals surface area contributed by atoms with E-state index in [1.54, 1.807) is 0 Å². The van der Waals surface area contributed by atoms with Crippen molar-refractivity contribution in [2.24, 2.45) is 11.8 Å². The minimum Gasteiger partial charge on any atom is -0.344 e. The molecule has 0 atom stereocenters. The fourth-order valence-corrected chi connectivity index (χ4v) is 5.77. The maximum Gasteiger partial charge on any atom is 0.209 e. The van der Waals surface area contributed by atoms with Crippen LogP contribution in [0.3, 0.4) is 0 Å². The van der Waals surface area contributed by atoms with Gasteiger partial charge in [0.2, 0.25) is 5.69 Å². The lowest BCUT2D eigenvalue weighted by atomic mass is 9.81. The van der Waals surface area contributed by atoms with Gasteiger partial charge in [0.25, 0.3) is 0 Å². The first-order valence-corrected chi connectivity index (χ1v) is 13.6. The molecule has 2 aliphatic rings. The van der Waals surface area contributed by atoms with Gasteiger partial charge in [0.15, 0.2) is 5.71 Å². The summed E-state index contributed by atoms with van der Waals surface area (Å²) in [5.41, 5.74) is 8.40. The van der Waals surface area contributed by atoms with E-state index in [4.69, 9.17) is 0 Å². The van der Waals surface area contributed by atoms with Gasteiger partial charge in [-0.3, -0.25) is 0 Å². The lowest BCUT2D eigenvalue weighted by molar-refractivity contribution is -0.439. The quantitative estimate of drug-likeness (QED) is 0.352. The van der Waals surface area contributed by atoms with Crippen LogP contribution in [0.2, 0.25) is 0 Å². The van der Waals surface area contributed by atoms with Crippen molar-refractivity contribution in [1.29, 1.82) is 0 Å². The first-order valence-electron chi connectivity index (χ1n) is 13.6. The van der Waals surface area contributed by atoms with Crippen molar-refractivity contribution in [3.05, 3.63) is 83.6 Å². The predicted octanol–water partition coefficient (Wildman–Crippen LogP) is 8.39. The lowest BCUT2D eigenvalue weighted by Crippen LogP contribution is -2.28. The predicted molar refractivity (Wildman–Crippen MR) is 152 cm³/mol. The highest BCUT2D eigenvalue weighted by molar-refractivity contribution is 6.03. The van der Waals surface area contributed by atoms with Crippen LogP contribution >= 0.6 is 0 Å². The lowest BCUT2D eigenvalue weighted by Gasteiger charge is -2.27. The van der Waals surface area contributed by atoms with Crippen LogP contribution in [-0.4, -0.2) is 23.4 Å². The topological polar surface area (TPSA) is 6.25 Å². The molecule has 0 saturated carbocycles. The van der Waals surface area contributed by atoms with Crippen LogP contribution in [0.5, 0.6) is 0 Å². The maximum absolute atomic E-state index is 2.56. The second-order valence-electron chi connectivity index (χ2n) is 12.2. The van der Waals surface area contributed by atoms with Gasteiger partial charge in [-0.15, -0.1) is 0 Å². The van der Waals surface area contributed by atoms with Crippen molar-refractivity contribution >= 4 is 17.1 Å². The Morgan fingerprint density at radius 3 is 2.11 bits per heavy atom. The van der Waals surface area contributed by atoms with Gasteiger partial charge < -0.3 is 4.90 Å². The molecule has 0 radical (unpaired) electrons. The summed E-state index contributed by atoms with van der Waals surface area (Å²) in [4.78, 5) is 2.56. The fraction of sp³-hybridized carbons (Fsp3) is 0.485. The summed E-state index contributed by atoms with van der Waals surface area (Å²) in [7, 11) is 0. The van der Waals surface area contributed by atoms with Crippen LogP contribution in [-0.2, 0) is 10.8 Å². The molecule has 2 aromatic rings.